The molecule has 2 aromatic carbocycles. The largest absolute Gasteiger partial charge is 0.493 e. The SMILES string of the molecule is CCOC(=O)C=Cc1ccc(C=Cc2ccc(OC)c(OC)c2)cc1. The summed E-state index contributed by atoms with van der Waals surface area (Å²) in [6.45, 7) is 2.16. The third-order valence-electron chi connectivity index (χ3n) is 3.51. The van der Waals surface area contributed by atoms with E-state index < -0.39 is 0 Å². The molecule has 4 heteroatoms. The van der Waals surface area contributed by atoms with Gasteiger partial charge in [0.1, 0.15) is 0 Å². The molecule has 0 saturated heterocycles. The van der Waals surface area contributed by atoms with Crippen molar-refractivity contribution in [1.29, 1.82) is 0 Å². The Bertz CT molecular complexity index is 758. The monoisotopic (exact) mass is 338 g/mol. The number of rotatable bonds is 7. The summed E-state index contributed by atoms with van der Waals surface area (Å²) < 4.78 is 15.4. The number of carbonyl (C=O) groups is 1. The Morgan fingerprint density at radius 1 is 0.840 bits per heavy atom. The van der Waals surface area contributed by atoms with Gasteiger partial charge in [0.05, 0.1) is 20.8 Å². The van der Waals surface area contributed by atoms with E-state index in [1.54, 1.807) is 27.2 Å². The molecule has 0 saturated carbocycles. The number of ether oxygens (including phenoxy) is 3. The summed E-state index contributed by atoms with van der Waals surface area (Å²) in [5.74, 6) is 1.07. The van der Waals surface area contributed by atoms with Gasteiger partial charge < -0.3 is 14.2 Å². The number of esters is 1. The quantitative estimate of drug-likeness (QED) is 0.425. The molecule has 2 rings (SSSR count). The Morgan fingerprint density at radius 3 is 2.00 bits per heavy atom. The van der Waals surface area contributed by atoms with Crippen LogP contribution in [0.2, 0.25) is 0 Å². The van der Waals surface area contributed by atoms with Crippen LogP contribution in [0, 0.1) is 0 Å². The van der Waals surface area contributed by atoms with Crippen LogP contribution >= 0.6 is 0 Å². The van der Waals surface area contributed by atoms with Crippen molar-refractivity contribution in [2.24, 2.45) is 0 Å². The van der Waals surface area contributed by atoms with Crippen molar-refractivity contribution in [3.8, 4) is 11.5 Å². The van der Waals surface area contributed by atoms with Crippen LogP contribution in [0.5, 0.6) is 11.5 Å². The van der Waals surface area contributed by atoms with E-state index in [1.807, 2.05) is 54.6 Å². The second-order valence-electron chi connectivity index (χ2n) is 5.20. The van der Waals surface area contributed by atoms with E-state index in [9.17, 15) is 4.79 Å². The molecule has 0 atom stereocenters. The van der Waals surface area contributed by atoms with E-state index in [0.717, 1.165) is 16.7 Å². The molecule has 0 fully saturated rings. The topological polar surface area (TPSA) is 44.8 Å². The lowest BCUT2D eigenvalue weighted by Crippen LogP contribution is -1.98. The second-order valence-corrected chi connectivity index (χ2v) is 5.20. The fraction of sp³-hybridized carbons (Fsp3) is 0.190. The fourth-order valence-electron chi connectivity index (χ4n) is 2.22. The molecule has 0 heterocycles. The van der Waals surface area contributed by atoms with Gasteiger partial charge in [0, 0.05) is 6.08 Å². The zero-order valence-corrected chi connectivity index (χ0v) is 14.7. The molecule has 0 amide bonds. The van der Waals surface area contributed by atoms with Gasteiger partial charge in [0.2, 0.25) is 0 Å². The molecule has 0 unspecified atom stereocenters. The summed E-state index contributed by atoms with van der Waals surface area (Å²) in [4.78, 5) is 11.3. The first-order chi connectivity index (χ1) is 12.2. The lowest BCUT2D eigenvalue weighted by atomic mass is 10.1. The summed E-state index contributed by atoms with van der Waals surface area (Å²) >= 11 is 0. The van der Waals surface area contributed by atoms with Crippen molar-refractivity contribution in [3.63, 3.8) is 0 Å². The maximum atomic E-state index is 11.3. The van der Waals surface area contributed by atoms with Gasteiger partial charge in [-0.15, -0.1) is 0 Å². The number of carbonyl (C=O) groups excluding carboxylic acids is 1. The molecule has 0 bridgehead atoms. The third kappa shape index (κ3) is 5.53. The van der Waals surface area contributed by atoms with Gasteiger partial charge in [-0.05, 0) is 41.8 Å². The Labute approximate surface area is 148 Å². The van der Waals surface area contributed by atoms with E-state index in [4.69, 9.17) is 14.2 Å². The smallest absolute Gasteiger partial charge is 0.330 e. The van der Waals surface area contributed by atoms with Crippen LogP contribution in [0.15, 0.2) is 48.5 Å². The summed E-state index contributed by atoms with van der Waals surface area (Å²) in [7, 11) is 3.24. The molecule has 130 valence electrons. The van der Waals surface area contributed by atoms with Crippen LogP contribution < -0.4 is 9.47 Å². The molecular formula is C21H22O4. The van der Waals surface area contributed by atoms with Crippen LogP contribution in [0.1, 0.15) is 23.6 Å². The molecule has 25 heavy (non-hydrogen) atoms. The molecule has 0 aliphatic rings. The first kappa shape index (κ1) is 18.3. The highest BCUT2D eigenvalue weighted by atomic mass is 16.5. The van der Waals surface area contributed by atoms with E-state index in [2.05, 4.69) is 0 Å². The third-order valence-corrected chi connectivity index (χ3v) is 3.51. The fourth-order valence-corrected chi connectivity index (χ4v) is 2.22. The molecule has 0 aliphatic heterocycles. The lowest BCUT2D eigenvalue weighted by molar-refractivity contribution is -0.137. The standard InChI is InChI=1S/C21H22O4/c1-4-25-21(22)14-12-17-7-5-16(6-8-17)9-10-18-11-13-19(23-2)20(15-18)24-3/h5-15H,4H2,1-3H3. The average Bonchev–Trinajstić information content (AvgIpc) is 2.65. The first-order valence-electron chi connectivity index (χ1n) is 8.01. The van der Waals surface area contributed by atoms with Crippen molar-refractivity contribution >= 4 is 24.2 Å². The highest BCUT2D eigenvalue weighted by Gasteiger charge is 2.02. The van der Waals surface area contributed by atoms with Crippen molar-refractivity contribution in [2.45, 2.75) is 6.92 Å². The van der Waals surface area contributed by atoms with Gasteiger partial charge in [0.25, 0.3) is 0 Å². The molecular weight excluding hydrogens is 316 g/mol. The van der Waals surface area contributed by atoms with Gasteiger partial charge in [-0.2, -0.15) is 0 Å². The van der Waals surface area contributed by atoms with E-state index in [0.29, 0.717) is 18.1 Å². The van der Waals surface area contributed by atoms with Crippen LogP contribution in [-0.2, 0) is 9.53 Å². The van der Waals surface area contributed by atoms with Crippen LogP contribution in [0.4, 0.5) is 0 Å². The van der Waals surface area contributed by atoms with Crippen LogP contribution in [0.3, 0.4) is 0 Å². The second kappa shape index (κ2) is 9.33. The first-order valence-corrected chi connectivity index (χ1v) is 8.01. The normalized spacial score (nSPS) is 11.0. The minimum atomic E-state index is -0.333. The molecule has 0 aromatic heterocycles. The zero-order chi connectivity index (χ0) is 18.1. The molecule has 0 spiro atoms. The molecule has 0 radical (unpaired) electrons. The van der Waals surface area contributed by atoms with Crippen LogP contribution in [-0.4, -0.2) is 26.8 Å². The van der Waals surface area contributed by atoms with Gasteiger partial charge in [-0.1, -0.05) is 42.5 Å². The number of benzene rings is 2. The highest BCUT2D eigenvalue weighted by molar-refractivity contribution is 5.87. The van der Waals surface area contributed by atoms with Gasteiger partial charge in [-0.25, -0.2) is 4.79 Å². The van der Waals surface area contributed by atoms with Crippen molar-refractivity contribution < 1.29 is 19.0 Å². The van der Waals surface area contributed by atoms with Crippen LogP contribution in [0.25, 0.3) is 18.2 Å². The molecule has 0 N–H and O–H groups in total. The Kier molecular flexibility index (Phi) is 6.84. The predicted molar refractivity (Wildman–Crippen MR) is 101 cm³/mol. The van der Waals surface area contributed by atoms with Gasteiger partial charge >= 0.3 is 5.97 Å². The van der Waals surface area contributed by atoms with Gasteiger partial charge in [-0.3, -0.25) is 0 Å². The summed E-state index contributed by atoms with van der Waals surface area (Å²) in [5, 5.41) is 0. The molecule has 0 aliphatic carbocycles. The van der Waals surface area contributed by atoms with Crippen molar-refractivity contribution in [1.82, 2.24) is 0 Å². The zero-order valence-electron chi connectivity index (χ0n) is 14.7. The number of hydrogen-bond acceptors (Lipinski definition) is 4. The van der Waals surface area contributed by atoms with E-state index in [-0.39, 0.29) is 5.97 Å². The summed E-state index contributed by atoms with van der Waals surface area (Å²) in [6.07, 6.45) is 7.18. The lowest BCUT2D eigenvalue weighted by Gasteiger charge is -2.07. The van der Waals surface area contributed by atoms with Crippen molar-refractivity contribution in [2.75, 3.05) is 20.8 Å². The predicted octanol–water partition coefficient (Wildman–Crippen LogP) is 4.45. The molecule has 4 nitrogen and oxygen atoms in total. The van der Waals surface area contributed by atoms with Crippen molar-refractivity contribution in [3.05, 3.63) is 65.2 Å². The Hall–Kier alpha value is -3.01. The maximum Gasteiger partial charge on any atom is 0.330 e. The minimum absolute atomic E-state index is 0.333. The molecule has 2 aromatic rings. The average molecular weight is 338 g/mol. The Morgan fingerprint density at radius 2 is 1.40 bits per heavy atom. The number of hydrogen-bond donors (Lipinski definition) is 0. The van der Waals surface area contributed by atoms with E-state index in [1.165, 1.54) is 6.08 Å². The number of methoxy groups -OCH3 is 2. The summed E-state index contributed by atoms with van der Waals surface area (Å²) in [6, 6.07) is 13.6. The highest BCUT2D eigenvalue weighted by Crippen LogP contribution is 2.28. The summed E-state index contributed by atoms with van der Waals surface area (Å²) in [5.41, 5.74) is 3.02. The Balaban J connectivity index is 2.05. The van der Waals surface area contributed by atoms with E-state index >= 15 is 0 Å². The van der Waals surface area contributed by atoms with Gasteiger partial charge in [0.15, 0.2) is 11.5 Å². The minimum Gasteiger partial charge on any atom is -0.493 e. The maximum absolute atomic E-state index is 11.3.